The van der Waals surface area contributed by atoms with Crippen molar-refractivity contribution in [2.24, 2.45) is 11.8 Å². The second-order valence-corrected chi connectivity index (χ2v) is 5.58. The third-order valence-electron chi connectivity index (χ3n) is 1.85. The summed E-state index contributed by atoms with van der Waals surface area (Å²) in [7, 11) is 0. The van der Waals surface area contributed by atoms with Gasteiger partial charge in [0, 0.05) is 0 Å². The van der Waals surface area contributed by atoms with Gasteiger partial charge in [-0.25, -0.2) is 0 Å². The van der Waals surface area contributed by atoms with Crippen LogP contribution in [-0.4, -0.2) is 25.3 Å². The summed E-state index contributed by atoms with van der Waals surface area (Å²) in [6.07, 6.45) is 0. The Balaban J connectivity index is 3.42. The fourth-order valence-corrected chi connectivity index (χ4v) is 1.07. The molecule has 0 bridgehead atoms. The summed E-state index contributed by atoms with van der Waals surface area (Å²) in [6, 6.07) is 0. The lowest BCUT2D eigenvalue weighted by Crippen LogP contribution is -2.30. The monoisotopic (exact) mass is 201 g/mol. The van der Waals surface area contributed by atoms with Crippen LogP contribution in [0.4, 0.5) is 0 Å². The van der Waals surface area contributed by atoms with Crippen molar-refractivity contribution >= 4 is 0 Å². The van der Waals surface area contributed by atoms with Crippen LogP contribution in [0.1, 0.15) is 41.5 Å². The topological polar surface area (TPSA) is 21.3 Å². The minimum atomic E-state index is -0.00763. The van der Waals surface area contributed by atoms with E-state index in [0.29, 0.717) is 5.92 Å². The van der Waals surface area contributed by atoms with Crippen molar-refractivity contribution in [3.63, 3.8) is 0 Å². The molecule has 2 heteroatoms. The van der Waals surface area contributed by atoms with E-state index in [1.165, 1.54) is 0 Å². The lowest BCUT2D eigenvalue weighted by Gasteiger charge is -2.22. The molecule has 0 aliphatic rings. The number of hydrogen-bond donors (Lipinski definition) is 1. The van der Waals surface area contributed by atoms with E-state index in [1.54, 1.807) is 0 Å². The van der Waals surface area contributed by atoms with Crippen molar-refractivity contribution < 1.29 is 4.74 Å². The van der Waals surface area contributed by atoms with Crippen LogP contribution in [0.5, 0.6) is 0 Å². The molecule has 0 saturated heterocycles. The summed E-state index contributed by atoms with van der Waals surface area (Å²) in [6.45, 7) is 16.0. The highest BCUT2D eigenvalue weighted by Gasteiger charge is 2.12. The molecule has 0 spiro atoms. The average Bonchev–Trinajstić information content (AvgIpc) is 1.99. The van der Waals surface area contributed by atoms with Crippen molar-refractivity contribution in [1.82, 2.24) is 5.32 Å². The molecule has 0 heterocycles. The molecule has 0 aromatic rings. The largest absolute Gasteiger partial charge is 0.376 e. The van der Waals surface area contributed by atoms with Gasteiger partial charge in [0.1, 0.15) is 0 Å². The van der Waals surface area contributed by atoms with Gasteiger partial charge in [-0.05, 0) is 45.7 Å². The van der Waals surface area contributed by atoms with Crippen molar-refractivity contribution in [3.05, 3.63) is 0 Å². The smallest absolute Gasteiger partial charge is 0.0598 e. The van der Waals surface area contributed by atoms with Crippen molar-refractivity contribution in [1.29, 1.82) is 0 Å². The minimum absolute atomic E-state index is 0.00763. The van der Waals surface area contributed by atoms with Crippen molar-refractivity contribution in [2.45, 2.75) is 47.1 Å². The lowest BCUT2D eigenvalue weighted by atomic mass is 10.1. The fourth-order valence-electron chi connectivity index (χ4n) is 1.07. The van der Waals surface area contributed by atoms with Crippen LogP contribution < -0.4 is 5.32 Å². The van der Waals surface area contributed by atoms with Crippen LogP contribution in [-0.2, 0) is 4.74 Å². The Morgan fingerprint density at radius 1 is 1.07 bits per heavy atom. The second kappa shape index (κ2) is 6.41. The lowest BCUT2D eigenvalue weighted by molar-refractivity contribution is -0.0192. The van der Waals surface area contributed by atoms with Gasteiger partial charge >= 0.3 is 0 Å². The Kier molecular flexibility index (Phi) is 6.38. The van der Waals surface area contributed by atoms with E-state index in [1.807, 2.05) is 0 Å². The van der Waals surface area contributed by atoms with Crippen LogP contribution in [0.15, 0.2) is 0 Å². The molecule has 1 unspecified atom stereocenters. The van der Waals surface area contributed by atoms with E-state index in [9.17, 15) is 0 Å². The average molecular weight is 201 g/mol. The molecule has 0 fully saturated rings. The first-order chi connectivity index (χ1) is 6.31. The standard InChI is InChI=1S/C12H27NO/c1-10(2)7-13-8-11(3)9-14-12(4,5)6/h10-11,13H,7-9H2,1-6H3. The molecule has 0 amide bonds. The van der Waals surface area contributed by atoms with Crippen molar-refractivity contribution in [3.8, 4) is 0 Å². The molecule has 2 nitrogen and oxygen atoms in total. The van der Waals surface area contributed by atoms with E-state index in [4.69, 9.17) is 4.74 Å². The second-order valence-electron chi connectivity index (χ2n) is 5.58. The van der Waals surface area contributed by atoms with Crippen LogP contribution in [0.2, 0.25) is 0 Å². The summed E-state index contributed by atoms with van der Waals surface area (Å²) >= 11 is 0. The Morgan fingerprint density at radius 3 is 2.07 bits per heavy atom. The minimum Gasteiger partial charge on any atom is -0.376 e. The zero-order valence-electron chi connectivity index (χ0n) is 10.7. The molecule has 0 rings (SSSR count). The molecule has 14 heavy (non-hydrogen) atoms. The van der Waals surface area contributed by atoms with Gasteiger partial charge in [0.2, 0.25) is 0 Å². The van der Waals surface area contributed by atoms with Gasteiger partial charge in [0.05, 0.1) is 12.2 Å². The summed E-state index contributed by atoms with van der Waals surface area (Å²) in [4.78, 5) is 0. The first kappa shape index (κ1) is 13.9. The van der Waals surface area contributed by atoms with Crippen LogP contribution in [0, 0.1) is 11.8 Å². The van der Waals surface area contributed by atoms with Gasteiger partial charge in [0.15, 0.2) is 0 Å². The zero-order chi connectivity index (χ0) is 11.2. The maximum Gasteiger partial charge on any atom is 0.0598 e. The van der Waals surface area contributed by atoms with E-state index in [2.05, 4.69) is 46.9 Å². The molecule has 86 valence electrons. The first-order valence-corrected chi connectivity index (χ1v) is 5.66. The maximum absolute atomic E-state index is 5.71. The molecule has 1 N–H and O–H groups in total. The normalized spacial score (nSPS) is 14.8. The number of ether oxygens (including phenoxy) is 1. The number of rotatable bonds is 6. The van der Waals surface area contributed by atoms with E-state index >= 15 is 0 Å². The zero-order valence-corrected chi connectivity index (χ0v) is 10.7. The molecule has 0 saturated carbocycles. The molecule has 0 aliphatic carbocycles. The van der Waals surface area contributed by atoms with Crippen LogP contribution in [0.3, 0.4) is 0 Å². The third-order valence-corrected chi connectivity index (χ3v) is 1.85. The highest BCUT2D eigenvalue weighted by molar-refractivity contribution is 4.63. The Labute approximate surface area is 89.4 Å². The SMILES string of the molecule is CC(C)CNCC(C)COC(C)(C)C. The van der Waals surface area contributed by atoms with Gasteiger partial charge in [-0.3, -0.25) is 0 Å². The summed E-state index contributed by atoms with van der Waals surface area (Å²) in [5.41, 5.74) is -0.00763. The Bertz CT molecular complexity index is 138. The van der Waals surface area contributed by atoms with Crippen LogP contribution in [0.25, 0.3) is 0 Å². The quantitative estimate of drug-likeness (QED) is 0.713. The highest BCUT2D eigenvalue weighted by atomic mass is 16.5. The van der Waals surface area contributed by atoms with E-state index in [0.717, 1.165) is 25.6 Å². The van der Waals surface area contributed by atoms with Gasteiger partial charge in [-0.1, -0.05) is 20.8 Å². The summed E-state index contributed by atoms with van der Waals surface area (Å²) in [5.74, 6) is 1.32. The predicted octanol–water partition coefficient (Wildman–Crippen LogP) is 2.68. The molecule has 0 radical (unpaired) electrons. The Morgan fingerprint density at radius 2 is 1.64 bits per heavy atom. The maximum atomic E-state index is 5.71. The van der Waals surface area contributed by atoms with Gasteiger partial charge in [-0.2, -0.15) is 0 Å². The molecule has 0 aliphatic heterocycles. The van der Waals surface area contributed by atoms with E-state index < -0.39 is 0 Å². The summed E-state index contributed by atoms with van der Waals surface area (Å²) < 4.78 is 5.71. The number of nitrogens with one attached hydrogen (secondary N) is 1. The van der Waals surface area contributed by atoms with Gasteiger partial charge in [-0.15, -0.1) is 0 Å². The Hall–Kier alpha value is -0.0800. The predicted molar refractivity (Wildman–Crippen MR) is 62.6 cm³/mol. The highest BCUT2D eigenvalue weighted by Crippen LogP contribution is 2.08. The molecule has 0 aromatic heterocycles. The third kappa shape index (κ3) is 10.0. The molecular weight excluding hydrogens is 174 g/mol. The summed E-state index contributed by atoms with van der Waals surface area (Å²) in [5, 5.41) is 3.44. The molecule has 0 aromatic carbocycles. The number of hydrogen-bond acceptors (Lipinski definition) is 2. The van der Waals surface area contributed by atoms with Gasteiger partial charge in [0.25, 0.3) is 0 Å². The van der Waals surface area contributed by atoms with E-state index in [-0.39, 0.29) is 5.60 Å². The first-order valence-electron chi connectivity index (χ1n) is 5.66. The van der Waals surface area contributed by atoms with Gasteiger partial charge < -0.3 is 10.1 Å². The molecule has 1 atom stereocenters. The molecular formula is C12H27NO. The van der Waals surface area contributed by atoms with Crippen LogP contribution >= 0.6 is 0 Å². The fraction of sp³-hybridized carbons (Fsp3) is 1.00. The van der Waals surface area contributed by atoms with Crippen molar-refractivity contribution in [2.75, 3.05) is 19.7 Å².